The van der Waals surface area contributed by atoms with E-state index in [0.29, 0.717) is 32.5 Å². The van der Waals surface area contributed by atoms with E-state index in [1.54, 1.807) is 60.7 Å². The molecule has 3 nitrogen and oxygen atoms in total. The zero-order chi connectivity index (χ0) is 20.1. The highest BCUT2D eigenvalue weighted by molar-refractivity contribution is 6.35. The molecule has 3 rings (SSSR count). The lowest BCUT2D eigenvalue weighted by molar-refractivity contribution is 0.0734. The largest absolute Gasteiger partial charge is 0.423 e. The molecule has 0 aliphatic carbocycles. The second kappa shape index (κ2) is 8.87. The molecule has 140 valence electrons. The number of carbonyl (C=O) groups is 2. The third-order valence-corrected chi connectivity index (χ3v) is 4.58. The van der Waals surface area contributed by atoms with Crippen molar-refractivity contribution in [3.63, 3.8) is 0 Å². The van der Waals surface area contributed by atoms with Crippen molar-refractivity contribution >= 4 is 41.0 Å². The van der Waals surface area contributed by atoms with Gasteiger partial charge in [-0.05, 0) is 73.2 Å². The standard InChI is InChI=1S/C23H16Cl2O3/c1-15-2-4-18(5-3-15)23(27)28-20-11-7-17(8-12-20)22(26)13-9-16-6-10-19(24)14-21(16)25/h2-14H,1H3. The first-order valence-corrected chi connectivity index (χ1v) is 9.24. The van der Waals surface area contributed by atoms with Crippen LogP contribution < -0.4 is 4.74 Å². The average molecular weight is 411 g/mol. The van der Waals surface area contributed by atoms with Crippen molar-refractivity contribution in [3.8, 4) is 5.75 Å². The summed E-state index contributed by atoms with van der Waals surface area (Å²) in [7, 11) is 0. The van der Waals surface area contributed by atoms with Crippen molar-refractivity contribution in [2.24, 2.45) is 0 Å². The molecule has 0 aromatic heterocycles. The molecular weight excluding hydrogens is 395 g/mol. The number of ketones is 1. The quantitative estimate of drug-likeness (QED) is 0.211. The minimum Gasteiger partial charge on any atom is -0.423 e. The van der Waals surface area contributed by atoms with Crippen LogP contribution in [0.2, 0.25) is 10.0 Å². The van der Waals surface area contributed by atoms with Crippen LogP contribution in [-0.2, 0) is 0 Å². The lowest BCUT2D eigenvalue weighted by atomic mass is 10.1. The lowest BCUT2D eigenvalue weighted by Crippen LogP contribution is -2.08. The van der Waals surface area contributed by atoms with Crippen LogP contribution >= 0.6 is 23.2 Å². The Morgan fingerprint density at radius 2 is 1.50 bits per heavy atom. The molecule has 3 aromatic carbocycles. The van der Waals surface area contributed by atoms with Crippen molar-refractivity contribution in [2.75, 3.05) is 0 Å². The fourth-order valence-electron chi connectivity index (χ4n) is 2.44. The Kier molecular flexibility index (Phi) is 6.30. The number of halogens is 2. The van der Waals surface area contributed by atoms with Gasteiger partial charge in [0.25, 0.3) is 0 Å². The molecule has 28 heavy (non-hydrogen) atoms. The van der Waals surface area contributed by atoms with Gasteiger partial charge in [0.05, 0.1) is 5.56 Å². The molecular formula is C23H16Cl2O3. The molecule has 0 amide bonds. The molecule has 0 spiro atoms. The van der Waals surface area contributed by atoms with Crippen molar-refractivity contribution in [2.45, 2.75) is 6.92 Å². The fourth-order valence-corrected chi connectivity index (χ4v) is 2.91. The Morgan fingerprint density at radius 1 is 0.857 bits per heavy atom. The number of rotatable bonds is 5. The summed E-state index contributed by atoms with van der Waals surface area (Å²) in [6.07, 6.45) is 3.06. The topological polar surface area (TPSA) is 43.4 Å². The predicted octanol–water partition coefficient (Wildman–Crippen LogP) is 6.42. The highest BCUT2D eigenvalue weighted by Gasteiger charge is 2.09. The lowest BCUT2D eigenvalue weighted by Gasteiger charge is -2.05. The van der Waals surface area contributed by atoms with Crippen molar-refractivity contribution in [1.29, 1.82) is 0 Å². The molecule has 5 heteroatoms. The summed E-state index contributed by atoms with van der Waals surface area (Å²) in [5, 5.41) is 0.999. The van der Waals surface area contributed by atoms with Crippen LogP contribution in [0.15, 0.2) is 72.8 Å². The Hall–Kier alpha value is -2.88. The predicted molar refractivity (Wildman–Crippen MR) is 112 cm³/mol. The second-order valence-corrected chi connectivity index (χ2v) is 6.99. The fraction of sp³-hybridized carbons (Fsp3) is 0.0435. The monoisotopic (exact) mass is 410 g/mol. The molecule has 0 N–H and O–H groups in total. The molecule has 0 bridgehead atoms. The van der Waals surface area contributed by atoms with Crippen LogP contribution in [-0.4, -0.2) is 11.8 Å². The third kappa shape index (κ3) is 5.10. The normalized spacial score (nSPS) is 10.8. The minimum atomic E-state index is -0.448. The van der Waals surface area contributed by atoms with Crippen molar-refractivity contribution in [1.82, 2.24) is 0 Å². The van der Waals surface area contributed by atoms with Crippen LogP contribution in [0.3, 0.4) is 0 Å². The summed E-state index contributed by atoms with van der Waals surface area (Å²) >= 11 is 12.0. The van der Waals surface area contributed by atoms with E-state index >= 15 is 0 Å². The van der Waals surface area contributed by atoms with E-state index in [1.165, 1.54) is 6.08 Å². The zero-order valence-corrected chi connectivity index (χ0v) is 16.5. The number of esters is 1. The van der Waals surface area contributed by atoms with Gasteiger partial charge in [-0.25, -0.2) is 4.79 Å². The van der Waals surface area contributed by atoms with Gasteiger partial charge in [-0.3, -0.25) is 4.79 Å². The molecule has 3 aromatic rings. The minimum absolute atomic E-state index is 0.192. The summed E-state index contributed by atoms with van der Waals surface area (Å²) in [6.45, 7) is 1.94. The van der Waals surface area contributed by atoms with Crippen LogP contribution in [0, 0.1) is 6.92 Å². The smallest absolute Gasteiger partial charge is 0.343 e. The van der Waals surface area contributed by atoms with Gasteiger partial charge in [-0.15, -0.1) is 0 Å². The van der Waals surface area contributed by atoms with Gasteiger partial charge >= 0.3 is 5.97 Å². The molecule has 0 heterocycles. The van der Waals surface area contributed by atoms with E-state index in [0.717, 1.165) is 5.56 Å². The summed E-state index contributed by atoms with van der Waals surface area (Å²) in [5.41, 5.74) is 2.69. The maximum Gasteiger partial charge on any atom is 0.343 e. The van der Waals surface area contributed by atoms with E-state index in [9.17, 15) is 9.59 Å². The van der Waals surface area contributed by atoms with Gasteiger partial charge in [0.1, 0.15) is 5.75 Å². The Balaban J connectivity index is 1.66. The van der Waals surface area contributed by atoms with Gasteiger partial charge in [0.2, 0.25) is 0 Å². The SMILES string of the molecule is Cc1ccc(C(=O)Oc2ccc(C(=O)C=Cc3ccc(Cl)cc3Cl)cc2)cc1. The maximum absolute atomic E-state index is 12.3. The van der Waals surface area contributed by atoms with E-state index in [4.69, 9.17) is 27.9 Å². The molecule has 0 unspecified atom stereocenters. The van der Waals surface area contributed by atoms with Crippen molar-refractivity contribution < 1.29 is 14.3 Å². The van der Waals surface area contributed by atoms with Gasteiger partial charge in [0.15, 0.2) is 5.78 Å². The first-order valence-electron chi connectivity index (χ1n) is 8.49. The molecule has 0 saturated carbocycles. The summed E-state index contributed by atoms with van der Waals surface area (Å²) in [5.74, 6) is -0.273. The van der Waals surface area contributed by atoms with Crippen LogP contribution in [0.25, 0.3) is 6.08 Å². The van der Waals surface area contributed by atoms with Crippen LogP contribution in [0.1, 0.15) is 31.8 Å². The first kappa shape index (κ1) is 19.9. The summed E-state index contributed by atoms with van der Waals surface area (Å²) in [4.78, 5) is 24.5. The first-order chi connectivity index (χ1) is 13.4. The van der Waals surface area contributed by atoms with E-state index in [1.807, 2.05) is 19.1 Å². The average Bonchev–Trinajstić information content (AvgIpc) is 2.68. The van der Waals surface area contributed by atoms with Crippen LogP contribution in [0.4, 0.5) is 0 Å². The van der Waals surface area contributed by atoms with E-state index in [2.05, 4.69) is 0 Å². The second-order valence-electron chi connectivity index (χ2n) is 6.14. The molecule has 0 aliphatic rings. The maximum atomic E-state index is 12.3. The number of aryl methyl sites for hydroxylation is 1. The number of hydrogen-bond donors (Lipinski definition) is 0. The highest BCUT2D eigenvalue weighted by atomic mass is 35.5. The summed E-state index contributed by atoms with van der Waals surface area (Å²) < 4.78 is 5.33. The van der Waals surface area contributed by atoms with Gasteiger partial charge in [-0.1, -0.05) is 47.0 Å². The number of benzene rings is 3. The van der Waals surface area contributed by atoms with E-state index in [-0.39, 0.29) is 5.78 Å². The zero-order valence-electron chi connectivity index (χ0n) is 15.0. The highest BCUT2D eigenvalue weighted by Crippen LogP contribution is 2.22. The molecule has 0 fully saturated rings. The third-order valence-electron chi connectivity index (χ3n) is 4.01. The number of ether oxygens (including phenoxy) is 1. The van der Waals surface area contributed by atoms with Gasteiger partial charge in [-0.2, -0.15) is 0 Å². The van der Waals surface area contributed by atoms with Gasteiger partial charge < -0.3 is 4.74 Å². The van der Waals surface area contributed by atoms with Crippen molar-refractivity contribution in [3.05, 3.63) is 105 Å². The van der Waals surface area contributed by atoms with Crippen LogP contribution in [0.5, 0.6) is 5.75 Å². The Bertz CT molecular complexity index is 1040. The Morgan fingerprint density at radius 3 is 2.14 bits per heavy atom. The van der Waals surface area contributed by atoms with E-state index < -0.39 is 5.97 Å². The number of hydrogen-bond acceptors (Lipinski definition) is 3. The Labute approximate surface area is 173 Å². The summed E-state index contributed by atoms with van der Waals surface area (Å²) in [6, 6.07) is 18.5. The molecule has 0 atom stereocenters. The number of allylic oxidation sites excluding steroid dienone is 1. The number of carbonyl (C=O) groups excluding carboxylic acids is 2. The molecule has 0 aliphatic heterocycles. The van der Waals surface area contributed by atoms with Gasteiger partial charge in [0, 0.05) is 15.6 Å². The molecule has 0 saturated heterocycles. The molecule has 0 radical (unpaired) electrons.